The van der Waals surface area contributed by atoms with Gasteiger partial charge in [0.15, 0.2) is 17.3 Å². The van der Waals surface area contributed by atoms with E-state index in [0.717, 1.165) is 0 Å². The molecule has 44 heavy (non-hydrogen) atoms. The van der Waals surface area contributed by atoms with Crippen molar-refractivity contribution in [1.82, 2.24) is 4.90 Å². The molecular formula is C30H34N6O8. The van der Waals surface area contributed by atoms with Crippen molar-refractivity contribution in [2.24, 2.45) is 17.4 Å². The summed E-state index contributed by atoms with van der Waals surface area (Å²) in [6.07, 6.45) is -0.263. The third-order valence-corrected chi connectivity index (χ3v) is 8.65. The maximum atomic E-state index is 14.2. The number of amides is 3. The average molecular weight is 607 g/mol. The molecule has 1 fully saturated rings. The molecule has 14 nitrogen and oxygen atoms in total. The van der Waals surface area contributed by atoms with E-state index in [1.807, 2.05) is 0 Å². The van der Waals surface area contributed by atoms with Crippen LogP contribution in [0, 0.1) is 5.92 Å². The second kappa shape index (κ2) is 10.4. The summed E-state index contributed by atoms with van der Waals surface area (Å²) in [6.45, 7) is 0. The van der Waals surface area contributed by atoms with Crippen LogP contribution in [0.1, 0.15) is 17.5 Å². The maximum absolute atomic E-state index is 14.2. The van der Waals surface area contributed by atoms with Gasteiger partial charge in [-0.05, 0) is 56.6 Å². The first-order valence-electron chi connectivity index (χ1n) is 13.7. The topological polar surface area (TPSA) is 232 Å². The lowest BCUT2D eigenvalue weighted by atomic mass is 9.53. The number of fused-ring (bicyclic) bond motifs is 3. The fraction of sp³-hybridized carbons (Fsp3) is 0.333. The Bertz CT molecular complexity index is 1680. The van der Waals surface area contributed by atoms with Crippen LogP contribution in [0.15, 0.2) is 53.3 Å². The maximum Gasteiger partial charge on any atom is 0.323 e. The molecule has 0 aromatic heterocycles. The summed E-state index contributed by atoms with van der Waals surface area (Å²) >= 11 is 0. The minimum Gasteiger partial charge on any atom is -0.508 e. The van der Waals surface area contributed by atoms with Crippen molar-refractivity contribution in [2.45, 2.75) is 30.0 Å². The van der Waals surface area contributed by atoms with Crippen molar-refractivity contribution < 1.29 is 39.6 Å². The van der Waals surface area contributed by atoms with Crippen LogP contribution in [0.5, 0.6) is 5.75 Å². The highest BCUT2D eigenvalue weighted by molar-refractivity contribution is 6.25. The lowest BCUT2D eigenvalue weighted by Gasteiger charge is -2.56. The summed E-state index contributed by atoms with van der Waals surface area (Å²) < 4.78 is 0. The van der Waals surface area contributed by atoms with Gasteiger partial charge in [0, 0.05) is 31.0 Å². The Hall–Kier alpha value is -4.92. The zero-order valence-electron chi connectivity index (χ0n) is 24.5. The second-order valence-corrected chi connectivity index (χ2v) is 11.8. The SMILES string of the molecule is CN(C)c1cc(NC(=O)Nc2ccccc2)c(O)c2c1C[C@H]1C[C@@]3(N)[C@H](N(C)C)C(=O)C(C(N)=O)=C(O)[C@@]3(O)C(=O)C1=C2O. The van der Waals surface area contributed by atoms with Crippen molar-refractivity contribution >= 4 is 46.3 Å². The number of hydrogen-bond donors (Lipinski definition) is 8. The molecule has 5 rings (SSSR count). The number of phenolic OH excluding ortho intramolecular Hbond substituents is 1. The van der Waals surface area contributed by atoms with Gasteiger partial charge in [0.1, 0.15) is 11.3 Å². The van der Waals surface area contributed by atoms with Crippen LogP contribution in [0.25, 0.3) is 5.76 Å². The number of para-hydroxylation sites is 1. The smallest absolute Gasteiger partial charge is 0.323 e. The minimum absolute atomic E-state index is 0.0224. The highest BCUT2D eigenvalue weighted by Crippen LogP contribution is 2.55. The number of aliphatic hydroxyl groups is 3. The molecular weight excluding hydrogens is 572 g/mol. The Morgan fingerprint density at radius 1 is 1.02 bits per heavy atom. The molecule has 3 aliphatic carbocycles. The Labute approximate surface area is 252 Å². The number of nitrogens with one attached hydrogen (secondary N) is 2. The van der Waals surface area contributed by atoms with Crippen LogP contribution >= 0.6 is 0 Å². The van der Waals surface area contributed by atoms with E-state index < -0.39 is 69.4 Å². The number of urea groups is 1. The Morgan fingerprint density at radius 2 is 1.66 bits per heavy atom. The van der Waals surface area contributed by atoms with Gasteiger partial charge in [-0.3, -0.25) is 19.3 Å². The highest BCUT2D eigenvalue weighted by atomic mass is 16.4. The van der Waals surface area contributed by atoms with Crippen LogP contribution < -0.4 is 27.0 Å². The van der Waals surface area contributed by atoms with Gasteiger partial charge < -0.3 is 47.4 Å². The van der Waals surface area contributed by atoms with Crippen LogP contribution in [-0.4, -0.2) is 94.2 Å². The fourth-order valence-corrected chi connectivity index (χ4v) is 6.80. The number of aliphatic hydroxyl groups excluding tert-OH is 2. The molecule has 0 spiro atoms. The average Bonchev–Trinajstić information content (AvgIpc) is 2.92. The van der Waals surface area contributed by atoms with Crippen molar-refractivity contribution in [1.29, 1.82) is 0 Å². The molecule has 0 saturated heterocycles. The third kappa shape index (κ3) is 4.21. The quantitative estimate of drug-likeness (QED) is 0.175. The number of nitrogens with zero attached hydrogens (tertiary/aromatic N) is 2. The van der Waals surface area contributed by atoms with E-state index in [1.165, 1.54) is 25.1 Å². The van der Waals surface area contributed by atoms with Crippen LogP contribution in [0.2, 0.25) is 0 Å². The molecule has 2 aromatic rings. The molecule has 0 radical (unpaired) electrons. The number of likely N-dealkylation sites (N-methyl/N-ethyl adjacent to an activating group) is 1. The molecule has 0 unspecified atom stereocenters. The van der Waals surface area contributed by atoms with Gasteiger partial charge >= 0.3 is 6.03 Å². The van der Waals surface area contributed by atoms with Crippen LogP contribution in [0.4, 0.5) is 21.9 Å². The van der Waals surface area contributed by atoms with Gasteiger partial charge in [0.2, 0.25) is 11.4 Å². The number of Topliss-reactive ketones (excluding diaryl/α,β-unsaturated/α-hetero) is 2. The van der Waals surface area contributed by atoms with E-state index in [1.54, 1.807) is 49.3 Å². The number of benzene rings is 2. The molecule has 4 atom stereocenters. The van der Waals surface area contributed by atoms with E-state index in [-0.39, 0.29) is 29.7 Å². The largest absolute Gasteiger partial charge is 0.508 e. The van der Waals surface area contributed by atoms with Gasteiger partial charge in [-0.1, -0.05) is 18.2 Å². The summed E-state index contributed by atoms with van der Waals surface area (Å²) in [5.74, 6) is -7.01. The molecule has 3 amide bonds. The first-order valence-corrected chi connectivity index (χ1v) is 13.7. The number of hydrogen-bond acceptors (Lipinski definition) is 11. The summed E-state index contributed by atoms with van der Waals surface area (Å²) in [5, 5.41) is 51.2. The number of rotatable bonds is 5. The van der Waals surface area contributed by atoms with Crippen molar-refractivity contribution in [3.63, 3.8) is 0 Å². The zero-order chi connectivity index (χ0) is 32.5. The summed E-state index contributed by atoms with van der Waals surface area (Å²) in [7, 11) is 6.35. The summed E-state index contributed by atoms with van der Waals surface area (Å²) in [6, 6.07) is 7.93. The number of ketones is 2. The van der Waals surface area contributed by atoms with E-state index >= 15 is 0 Å². The third-order valence-electron chi connectivity index (χ3n) is 8.65. The standard InChI is InChI=1S/C30H34N6O8/c1-35(2)17-11-16(34-28(43)33-14-8-6-5-7-9-14)21(37)19-15(17)10-13-12-29(32)24(36(3)4)23(39)20(27(31)42)26(41)30(29,44)25(40)18(13)22(19)38/h5-9,11,13,24,37-38,41,44H,10,12,32H2,1-4H3,(H2,31,42)(H2,33,34,43)/t13-,24+,29+,30-/m0/s1. The highest BCUT2D eigenvalue weighted by Gasteiger charge is 2.71. The molecule has 0 bridgehead atoms. The molecule has 14 heteroatoms. The summed E-state index contributed by atoms with van der Waals surface area (Å²) in [5.41, 5.74) is 6.72. The first-order chi connectivity index (χ1) is 20.6. The van der Waals surface area contributed by atoms with Crippen molar-refractivity contribution in [3.05, 3.63) is 64.4 Å². The van der Waals surface area contributed by atoms with Gasteiger partial charge in [0.05, 0.1) is 22.8 Å². The van der Waals surface area contributed by atoms with Gasteiger partial charge in [0.25, 0.3) is 5.91 Å². The normalized spacial score (nSPS) is 26.2. The predicted octanol–water partition coefficient (Wildman–Crippen LogP) is 0.755. The predicted molar refractivity (Wildman–Crippen MR) is 161 cm³/mol. The van der Waals surface area contributed by atoms with Gasteiger partial charge in [-0.25, -0.2) is 4.79 Å². The molecule has 0 heterocycles. The first kappa shape index (κ1) is 30.5. The number of anilines is 3. The number of primary amides is 1. The number of aromatic hydroxyl groups is 1. The summed E-state index contributed by atoms with van der Waals surface area (Å²) in [4.78, 5) is 55.6. The molecule has 10 N–H and O–H groups in total. The number of carbonyl (C=O) groups excluding carboxylic acids is 4. The van der Waals surface area contributed by atoms with Gasteiger partial charge in [-0.2, -0.15) is 0 Å². The monoisotopic (exact) mass is 606 g/mol. The lowest BCUT2D eigenvalue weighted by Crippen LogP contribution is -2.80. The van der Waals surface area contributed by atoms with Crippen molar-refractivity contribution in [3.8, 4) is 5.75 Å². The molecule has 0 aliphatic heterocycles. The Kier molecular flexibility index (Phi) is 7.19. The fourth-order valence-electron chi connectivity index (χ4n) is 6.80. The Balaban J connectivity index is 1.68. The number of nitrogens with two attached hydrogens (primary N) is 2. The Morgan fingerprint density at radius 3 is 2.23 bits per heavy atom. The molecule has 2 aromatic carbocycles. The second-order valence-electron chi connectivity index (χ2n) is 11.8. The molecule has 232 valence electrons. The minimum atomic E-state index is -3.02. The van der Waals surface area contributed by atoms with E-state index in [2.05, 4.69) is 10.6 Å². The van der Waals surface area contributed by atoms with Crippen molar-refractivity contribution in [2.75, 3.05) is 43.7 Å². The number of phenols is 1. The van der Waals surface area contributed by atoms with Gasteiger partial charge in [-0.15, -0.1) is 0 Å². The van der Waals surface area contributed by atoms with Crippen LogP contribution in [-0.2, 0) is 20.8 Å². The molecule has 1 saturated carbocycles. The van der Waals surface area contributed by atoms with E-state index in [4.69, 9.17) is 11.5 Å². The van der Waals surface area contributed by atoms with Crippen LogP contribution in [0.3, 0.4) is 0 Å². The molecule has 3 aliphatic rings. The zero-order valence-corrected chi connectivity index (χ0v) is 24.5. The lowest BCUT2D eigenvalue weighted by molar-refractivity contribution is -0.157. The number of carbonyl (C=O) groups is 4. The van der Waals surface area contributed by atoms with E-state index in [0.29, 0.717) is 16.9 Å². The van der Waals surface area contributed by atoms with E-state index in [9.17, 15) is 39.6 Å².